The molecule has 1 aromatic rings. The summed E-state index contributed by atoms with van der Waals surface area (Å²) in [4.78, 5) is 10.5. The number of ether oxygens (including phenoxy) is 2. The smallest absolute Gasteiger partial charge is 0.302 e. The molecule has 0 heterocycles. The Hall–Kier alpha value is -1.10. The highest BCUT2D eigenvalue weighted by Crippen LogP contribution is 2.08. The van der Waals surface area contributed by atoms with Gasteiger partial charge in [0.1, 0.15) is 6.61 Å². The maximum atomic E-state index is 10.5. The van der Waals surface area contributed by atoms with E-state index in [-0.39, 0.29) is 5.97 Å². The van der Waals surface area contributed by atoms with Crippen molar-refractivity contribution in [2.24, 2.45) is 0 Å². The third-order valence-electron chi connectivity index (χ3n) is 2.20. The maximum absolute atomic E-state index is 10.5. The Labute approximate surface area is 112 Å². The van der Waals surface area contributed by atoms with Gasteiger partial charge in [0.05, 0.1) is 13.2 Å². The number of hydrogen-bond acceptors (Lipinski definition) is 4. The minimum absolute atomic E-state index is 0.278. The van der Waals surface area contributed by atoms with E-state index in [1.54, 1.807) is 0 Å². The third-order valence-corrected chi connectivity index (χ3v) is 2.45. The second-order valence-corrected chi connectivity index (χ2v) is 4.19. The van der Waals surface area contributed by atoms with Crippen LogP contribution < -0.4 is 5.32 Å². The van der Waals surface area contributed by atoms with Crippen LogP contribution in [0.3, 0.4) is 0 Å². The second-order valence-electron chi connectivity index (χ2n) is 3.76. The Morgan fingerprint density at radius 3 is 2.61 bits per heavy atom. The lowest BCUT2D eigenvalue weighted by atomic mass is 10.2. The van der Waals surface area contributed by atoms with Crippen molar-refractivity contribution in [1.29, 1.82) is 0 Å². The molecular formula is C13H18ClNO3. The predicted molar refractivity (Wildman–Crippen MR) is 70.6 cm³/mol. The Morgan fingerprint density at radius 1 is 1.22 bits per heavy atom. The van der Waals surface area contributed by atoms with Gasteiger partial charge in [-0.05, 0) is 17.7 Å². The average molecular weight is 272 g/mol. The van der Waals surface area contributed by atoms with Gasteiger partial charge in [0.25, 0.3) is 0 Å². The van der Waals surface area contributed by atoms with Gasteiger partial charge in [0, 0.05) is 25.0 Å². The minimum Gasteiger partial charge on any atom is -0.463 e. The molecule has 0 saturated carbocycles. The van der Waals surface area contributed by atoms with Crippen LogP contribution in [0.25, 0.3) is 0 Å². The van der Waals surface area contributed by atoms with Gasteiger partial charge >= 0.3 is 5.97 Å². The van der Waals surface area contributed by atoms with E-state index >= 15 is 0 Å². The van der Waals surface area contributed by atoms with Crippen molar-refractivity contribution < 1.29 is 14.3 Å². The van der Waals surface area contributed by atoms with Gasteiger partial charge in [-0.25, -0.2) is 0 Å². The van der Waals surface area contributed by atoms with E-state index < -0.39 is 0 Å². The fourth-order valence-corrected chi connectivity index (χ4v) is 1.45. The molecule has 0 saturated heterocycles. The zero-order valence-corrected chi connectivity index (χ0v) is 11.2. The summed E-state index contributed by atoms with van der Waals surface area (Å²) >= 11 is 5.79. The molecule has 0 unspecified atom stereocenters. The van der Waals surface area contributed by atoms with Crippen LogP contribution >= 0.6 is 11.6 Å². The Bertz CT molecular complexity index is 354. The van der Waals surface area contributed by atoms with E-state index in [9.17, 15) is 4.79 Å². The molecule has 0 atom stereocenters. The van der Waals surface area contributed by atoms with Crippen molar-refractivity contribution in [1.82, 2.24) is 5.32 Å². The molecule has 0 aliphatic heterocycles. The van der Waals surface area contributed by atoms with Crippen LogP contribution in [0.5, 0.6) is 0 Å². The van der Waals surface area contributed by atoms with Crippen LogP contribution in [-0.4, -0.2) is 32.3 Å². The quantitative estimate of drug-likeness (QED) is 0.580. The lowest BCUT2D eigenvalue weighted by Gasteiger charge is -2.06. The van der Waals surface area contributed by atoms with Gasteiger partial charge in [-0.15, -0.1) is 0 Å². The molecule has 0 aliphatic rings. The number of halogens is 1. The van der Waals surface area contributed by atoms with Gasteiger partial charge in [-0.2, -0.15) is 0 Å². The van der Waals surface area contributed by atoms with Gasteiger partial charge in [0.15, 0.2) is 0 Å². The SMILES string of the molecule is CC(=O)OCCOCCNCc1ccc(Cl)cc1. The molecule has 0 aromatic heterocycles. The summed E-state index contributed by atoms with van der Waals surface area (Å²) in [6.45, 7) is 4.25. The largest absolute Gasteiger partial charge is 0.463 e. The Morgan fingerprint density at radius 2 is 1.94 bits per heavy atom. The van der Waals surface area contributed by atoms with Crippen molar-refractivity contribution >= 4 is 17.6 Å². The van der Waals surface area contributed by atoms with Gasteiger partial charge < -0.3 is 14.8 Å². The predicted octanol–water partition coefficient (Wildman–Crippen LogP) is 2.01. The number of hydrogen-bond donors (Lipinski definition) is 1. The van der Waals surface area contributed by atoms with Crippen molar-refractivity contribution in [2.45, 2.75) is 13.5 Å². The summed E-state index contributed by atoms with van der Waals surface area (Å²) in [6, 6.07) is 7.70. The van der Waals surface area contributed by atoms with Crippen LogP contribution in [0.1, 0.15) is 12.5 Å². The number of nitrogens with one attached hydrogen (secondary N) is 1. The fraction of sp³-hybridized carbons (Fsp3) is 0.462. The van der Waals surface area contributed by atoms with Crippen LogP contribution in [0.15, 0.2) is 24.3 Å². The first-order valence-electron chi connectivity index (χ1n) is 5.85. The van der Waals surface area contributed by atoms with Crippen LogP contribution in [-0.2, 0) is 20.8 Å². The van der Waals surface area contributed by atoms with Crippen LogP contribution in [0.2, 0.25) is 5.02 Å². The molecule has 0 aliphatic carbocycles. The summed E-state index contributed by atoms with van der Waals surface area (Å²) < 4.78 is 10.0. The van der Waals surface area contributed by atoms with Crippen molar-refractivity contribution in [3.63, 3.8) is 0 Å². The number of carbonyl (C=O) groups is 1. The summed E-state index contributed by atoms with van der Waals surface area (Å²) in [5, 5.41) is 3.99. The lowest BCUT2D eigenvalue weighted by Crippen LogP contribution is -2.20. The highest BCUT2D eigenvalue weighted by Gasteiger charge is 1.94. The van der Waals surface area contributed by atoms with E-state index in [0.717, 1.165) is 18.1 Å². The summed E-state index contributed by atoms with van der Waals surface area (Å²) in [5.74, 6) is -0.278. The zero-order chi connectivity index (χ0) is 13.2. The molecule has 4 nitrogen and oxygen atoms in total. The van der Waals surface area contributed by atoms with Gasteiger partial charge in [-0.1, -0.05) is 23.7 Å². The molecule has 0 bridgehead atoms. The third kappa shape index (κ3) is 7.27. The zero-order valence-electron chi connectivity index (χ0n) is 10.4. The first-order chi connectivity index (χ1) is 8.68. The number of benzene rings is 1. The molecule has 5 heteroatoms. The van der Waals surface area contributed by atoms with Crippen molar-refractivity contribution in [3.05, 3.63) is 34.9 Å². The Kier molecular flexibility index (Phi) is 7.41. The molecule has 0 radical (unpaired) electrons. The highest BCUT2D eigenvalue weighted by molar-refractivity contribution is 6.30. The molecule has 1 aromatic carbocycles. The molecule has 0 fully saturated rings. The lowest BCUT2D eigenvalue weighted by molar-refractivity contribution is -0.142. The standard InChI is InChI=1S/C13H18ClNO3/c1-11(16)18-9-8-17-7-6-15-10-12-2-4-13(14)5-3-12/h2-5,15H,6-10H2,1H3. The minimum atomic E-state index is -0.278. The van der Waals surface area contributed by atoms with E-state index in [1.165, 1.54) is 12.5 Å². The molecule has 1 N–H and O–H groups in total. The Balaban J connectivity index is 1.95. The first-order valence-corrected chi connectivity index (χ1v) is 6.22. The van der Waals surface area contributed by atoms with E-state index in [1.807, 2.05) is 24.3 Å². The molecule has 0 amide bonds. The monoisotopic (exact) mass is 271 g/mol. The normalized spacial score (nSPS) is 10.3. The summed E-state index contributed by atoms with van der Waals surface area (Å²) in [7, 11) is 0. The van der Waals surface area contributed by atoms with Gasteiger partial charge in [-0.3, -0.25) is 4.79 Å². The number of esters is 1. The maximum Gasteiger partial charge on any atom is 0.302 e. The average Bonchev–Trinajstić information content (AvgIpc) is 2.34. The van der Waals surface area contributed by atoms with E-state index in [2.05, 4.69) is 5.32 Å². The molecule has 1 rings (SSSR count). The molecular weight excluding hydrogens is 254 g/mol. The fourth-order valence-electron chi connectivity index (χ4n) is 1.33. The van der Waals surface area contributed by atoms with Gasteiger partial charge in [0.2, 0.25) is 0 Å². The van der Waals surface area contributed by atoms with Crippen molar-refractivity contribution in [2.75, 3.05) is 26.4 Å². The van der Waals surface area contributed by atoms with E-state index in [4.69, 9.17) is 21.1 Å². The summed E-state index contributed by atoms with van der Waals surface area (Å²) in [5.41, 5.74) is 1.18. The molecule has 0 spiro atoms. The molecule has 18 heavy (non-hydrogen) atoms. The highest BCUT2D eigenvalue weighted by atomic mass is 35.5. The van der Waals surface area contributed by atoms with E-state index in [0.29, 0.717) is 19.8 Å². The molecule has 100 valence electrons. The van der Waals surface area contributed by atoms with Crippen molar-refractivity contribution in [3.8, 4) is 0 Å². The number of carbonyl (C=O) groups excluding carboxylic acids is 1. The topological polar surface area (TPSA) is 47.6 Å². The first kappa shape index (κ1) is 15.0. The number of rotatable bonds is 8. The van der Waals surface area contributed by atoms with Crippen LogP contribution in [0.4, 0.5) is 0 Å². The summed E-state index contributed by atoms with van der Waals surface area (Å²) in [6.07, 6.45) is 0. The second kappa shape index (κ2) is 8.91. The van der Waals surface area contributed by atoms with Crippen LogP contribution in [0, 0.1) is 0 Å².